The lowest BCUT2D eigenvalue weighted by Gasteiger charge is -2.25. The number of hydrogen-bond acceptors (Lipinski definition) is 6. The van der Waals surface area contributed by atoms with Gasteiger partial charge in [-0.3, -0.25) is 0 Å². The summed E-state index contributed by atoms with van der Waals surface area (Å²) in [4.78, 5) is 31.8. The van der Waals surface area contributed by atoms with E-state index in [0.29, 0.717) is 19.0 Å². The van der Waals surface area contributed by atoms with Crippen molar-refractivity contribution < 1.29 is 34.1 Å². The third-order valence-corrected chi connectivity index (χ3v) is 3.41. The predicted molar refractivity (Wildman–Crippen MR) is 78.9 cm³/mol. The number of likely N-dealkylation sites (tertiary alicyclic amines) is 1. The molecule has 2 rings (SSSR count). The molecular formula is C14H24N2O7. The van der Waals surface area contributed by atoms with Crippen molar-refractivity contribution in [2.75, 3.05) is 19.6 Å². The van der Waals surface area contributed by atoms with Crippen molar-refractivity contribution >= 4 is 18.0 Å². The van der Waals surface area contributed by atoms with Gasteiger partial charge < -0.3 is 30.3 Å². The van der Waals surface area contributed by atoms with Crippen LogP contribution in [-0.4, -0.2) is 70.6 Å². The van der Waals surface area contributed by atoms with E-state index in [9.17, 15) is 4.79 Å². The number of amides is 1. The van der Waals surface area contributed by atoms with Gasteiger partial charge in [-0.1, -0.05) is 0 Å². The molecule has 23 heavy (non-hydrogen) atoms. The summed E-state index contributed by atoms with van der Waals surface area (Å²) in [7, 11) is 0. The number of fused-ring (bicyclic) bond motifs is 1. The fourth-order valence-electron chi connectivity index (χ4n) is 2.49. The number of ether oxygens (including phenoxy) is 2. The van der Waals surface area contributed by atoms with Crippen molar-refractivity contribution in [1.82, 2.24) is 4.90 Å². The van der Waals surface area contributed by atoms with Gasteiger partial charge in [-0.2, -0.15) is 0 Å². The van der Waals surface area contributed by atoms with Crippen molar-refractivity contribution in [3.8, 4) is 0 Å². The SMILES string of the molecule is CC(C)(C)OC(=O)N1C[C@@H]2C[C@H](CN)O[C@H]2C1.O=C(O)C(=O)O. The van der Waals surface area contributed by atoms with Crippen LogP contribution in [0.4, 0.5) is 4.79 Å². The molecule has 9 nitrogen and oxygen atoms in total. The standard InChI is InChI=1S/C12H22N2O3.C2H2O4/c1-12(2,3)17-11(15)14-6-8-4-9(5-13)16-10(8)7-14;3-1(4)2(5)6/h8-10H,4-7,13H2,1-3H3;(H,3,4)(H,5,6)/t8-,9+,10-;/m0./s1. The maximum Gasteiger partial charge on any atom is 0.414 e. The number of carbonyl (C=O) groups is 3. The fourth-order valence-corrected chi connectivity index (χ4v) is 2.49. The molecule has 0 radical (unpaired) electrons. The zero-order valence-corrected chi connectivity index (χ0v) is 13.5. The Hall–Kier alpha value is -1.87. The largest absolute Gasteiger partial charge is 0.473 e. The van der Waals surface area contributed by atoms with Crippen LogP contribution in [0.2, 0.25) is 0 Å². The molecule has 1 amide bonds. The van der Waals surface area contributed by atoms with Crippen LogP contribution >= 0.6 is 0 Å². The van der Waals surface area contributed by atoms with Gasteiger partial charge in [-0.15, -0.1) is 0 Å². The molecule has 0 saturated carbocycles. The number of carboxylic acid groups (broad SMARTS) is 2. The molecule has 3 atom stereocenters. The van der Waals surface area contributed by atoms with Crippen molar-refractivity contribution in [2.45, 2.75) is 45.0 Å². The van der Waals surface area contributed by atoms with Crippen LogP contribution in [0.3, 0.4) is 0 Å². The third-order valence-electron chi connectivity index (χ3n) is 3.41. The van der Waals surface area contributed by atoms with Gasteiger partial charge in [0.2, 0.25) is 0 Å². The quantitative estimate of drug-likeness (QED) is 0.575. The molecule has 0 aromatic carbocycles. The summed E-state index contributed by atoms with van der Waals surface area (Å²) in [5, 5.41) is 14.8. The van der Waals surface area contributed by atoms with E-state index in [2.05, 4.69) is 0 Å². The van der Waals surface area contributed by atoms with E-state index >= 15 is 0 Å². The maximum absolute atomic E-state index is 11.9. The Kier molecular flexibility index (Phi) is 6.34. The Bertz CT molecular complexity index is 435. The van der Waals surface area contributed by atoms with E-state index in [-0.39, 0.29) is 18.3 Å². The van der Waals surface area contributed by atoms with Crippen LogP contribution in [0.1, 0.15) is 27.2 Å². The second-order valence-electron chi connectivity index (χ2n) is 6.52. The topological polar surface area (TPSA) is 139 Å². The molecule has 2 saturated heterocycles. The summed E-state index contributed by atoms with van der Waals surface area (Å²) in [6, 6.07) is 0. The summed E-state index contributed by atoms with van der Waals surface area (Å²) in [6.45, 7) is 7.57. The molecule has 2 heterocycles. The highest BCUT2D eigenvalue weighted by Crippen LogP contribution is 2.33. The van der Waals surface area contributed by atoms with Gasteiger partial charge in [-0.25, -0.2) is 14.4 Å². The lowest BCUT2D eigenvalue weighted by molar-refractivity contribution is -0.159. The van der Waals surface area contributed by atoms with Gasteiger partial charge in [0.15, 0.2) is 0 Å². The normalized spacial score (nSPS) is 26.1. The second kappa shape index (κ2) is 7.60. The first-order chi connectivity index (χ1) is 10.5. The highest BCUT2D eigenvalue weighted by atomic mass is 16.6. The van der Waals surface area contributed by atoms with Gasteiger partial charge in [0, 0.05) is 19.0 Å². The second-order valence-corrected chi connectivity index (χ2v) is 6.52. The molecule has 2 fully saturated rings. The van der Waals surface area contributed by atoms with E-state index in [1.165, 1.54) is 0 Å². The Morgan fingerprint density at radius 1 is 1.22 bits per heavy atom. The zero-order chi connectivity index (χ0) is 17.8. The third kappa shape index (κ3) is 6.03. The van der Waals surface area contributed by atoms with E-state index in [1.54, 1.807) is 4.90 Å². The van der Waals surface area contributed by atoms with Crippen LogP contribution in [0.25, 0.3) is 0 Å². The van der Waals surface area contributed by atoms with Gasteiger partial charge in [0.1, 0.15) is 5.60 Å². The Morgan fingerprint density at radius 2 is 1.78 bits per heavy atom. The van der Waals surface area contributed by atoms with Crippen LogP contribution < -0.4 is 5.73 Å². The van der Waals surface area contributed by atoms with Crippen LogP contribution in [0.15, 0.2) is 0 Å². The van der Waals surface area contributed by atoms with E-state index in [4.69, 9.17) is 35.0 Å². The number of nitrogens with two attached hydrogens (primary N) is 1. The lowest BCUT2D eigenvalue weighted by Crippen LogP contribution is -2.37. The molecule has 0 aromatic rings. The minimum atomic E-state index is -1.82. The van der Waals surface area contributed by atoms with E-state index in [0.717, 1.165) is 13.0 Å². The number of aliphatic carboxylic acids is 2. The maximum atomic E-state index is 11.9. The fraction of sp³-hybridized carbons (Fsp3) is 0.786. The summed E-state index contributed by atoms with van der Waals surface area (Å²) >= 11 is 0. The van der Waals surface area contributed by atoms with Gasteiger partial charge in [-0.05, 0) is 27.2 Å². The number of hydrogen-bond donors (Lipinski definition) is 3. The number of rotatable bonds is 1. The smallest absolute Gasteiger partial charge is 0.414 e. The molecule has 0 aromatic heterocycles. The first-order valence-electron chi connectivity index (χ1n) is 7.33. The minimum Gasteiger partial charge on any atom is -0.473 e. The van der Waals surface area contributed by atoms with Crippen molar-refractivity contribution in [3.05, 3.63) is 0 Å². The van der Waals surface area contributed by atoms with Gasteiger partial charge >= 0.3 is 18.0 Å². The molecule has 2 aliphatic rings. The molecule has 0 unspecified atom stereocenters. The average molecular weight is 332 g/mol. The highest BCUT2D eigenvalue weighted by molar-refractivity contribution is 6.27. The molecule has 0 aliphatic carbocycles. The van der Waals surface area contributed by atoms with Crippen molar-refractivity contribution in [2.24, 2.45) is 11.7 Å². The molecule has 0 bridgehead atoms. The van der Waals surface area contributed by atoms with Crippen molar-refractivity contribution in [3.63, 3.8) is 0 Å². The summed E-state index contributed by atoms with van der Waals surface area (Å²) in [5.41, 5.74) is 5.15. The Morgan fingerprint density at radius 3 is 2.17 bits per heavy atom. The first kappa shape index (κ1) is 19.2. The monoisotopic (exact) mass is 332 g/mol. The highest BCUT2D eigenvalue weighted by Gasteiger charge is 2.43. The first-order valence-corrected chi connectivity index (χ1v) is 7.33. The van der Waals surface area contributed by atoms with Gasteiger partial charge in [0.05, 0.1) is 18.8 Å². The Balaban J connectivity index is 0.000000379. The number of nitrogens with zero attached hydrogens (tertiary/aromatic N) is 1. The zero-order valence-electron chi connectivity index (χ0n) is 13.5. The Labute approximate surface area is 134 Å². The number of carbonyl (C=O) groups excluding carboxylic acids is 1. The molecule has 4 N–H and O–H groups in total. The number of carboxylic acids is 2. The van der Waals surface area contributed by atoms with E-state index < -0.39 is 17.5 Å². The van der Waals surface area contributed by atoms with Gasteiger partial charge in [0.25, 0.3) is 0 Å². The summed E-state index contributed by atoms with van der Waals surface area (Å²) in [5.74, 6) is -3.22. The van der Waals surface area contributed by atoms with Crippen LogP contribution in [-0.2, 0) is 19.1 Å². The van der Waals surface area contributed by atoms with Crippen molar-refractivity contribution in [1.29, 1.82) is 0 Å². The molecule has 132 valence electrons. The molecule has 0 spiro atoms. The molecule has 9 heteroatoms. The average Bonchev–Trinajstić information content (AvgIpc) is 2.94. The minimum absolute atomic E-state index is 0.149. The van der Waals surface area contributed by atoms with Crippen LogP contribution in [0.5, 0.6) is 0 Å². The molecule has 2 aliphatic heterocycles. The van der Waals surface area contributed by atoms with E-state index in [1.807, 2.05) is 20.8 Å². The molecular weight excluding hydrogens is 308 g/mol. The predicted octanol–water partition coefficient (Wildman–Crippen LogP) is 0.125. The summed E-state index contributed by atoms with van der Waals surface area (Å²) < 4.78 is 11.1. The lowest BCUT2D eigenvalue weighted by atomic mass is 10.0. The summed E-state index contributed by atoms with van der Waals surface area (Å²) in [6.07, 6.45) is 1.04. The van der Waals surface area contributed by atoms with Crippen LogP contribution in [0, 0.1) is 5.92 Å².